The van der Waals surface area contributed by atoms with E-state index in [1.54, 1.807) is 37.3 Å². The molecule has 38 heavy (non-hydrogen) atoms. The van der Waals surface area contributed by atoms with Crippen molar-refractivity contribution in [1.29, 1.82) is 0 Å². The number of urea groups is 1. The number of nitrogens with one attached hydrogen (secondary N) is 3. The highest BCUT2D eigenvalue weighted by molar-refractivity contribution is 5.91. The van der Waals surface area contributed by atoms with Crippen LogP contribution in [0.3, 0.4) is 0 Å². The molecule has 0 saturated heterocycles. The second-order valence-electron chi connectivity index (χ2n) is 8.91. The van der Waals surface area contributed by atoms with Gasteiger partial charge in [0, 0.05) is 24.4 Å². The van der Waals surface area contributed by atoms with Gasteiger partial charge >= 0.3 is 12.1 Å². The van der Waals surface area contributed by atoms with Gasteiger partial charge in [-0.15, -0.1) is 0 Å². The lowest BCUT2D eigenvalue weighted by Crippen LogP contribution is -2.30. The number of halogens is 1. The molecule has 0 radical (unpaired) electrons. The molecular weight excluding hydrogens is 493 g/mol. The number of nitrogens with zero attached hydrogens (tertiary/aromatic N) is 2. The Hall–Kier alpha value is -4.25. The summed E-state index contributed by atoms with van der Waals surface area (Å²) in [5, 5.41) is 17.1. The molecule has 0 bridgehead atoms. The highest BCUT2D eigenvalue weighted by Crippen LogP contribution is 2.34. The first-order valence-corrected chi connectivity index (χ1v) is 12.1. The van der Waals surface area contributed by atoms with Gasteiger partial charge in [0.15, 0.2) is 0 Å². The van der Waals surface area contributed by atoms with Crippen molar-refractivity contribution in [3.05, 3.63) is 54.0 Å². The molecule has 4 N–H and O–H groups in total. The SMILES string of the molecule is COC(=O)Nc1cc(-c2cc(-c3cc(NC(=O)NCCC(C)C)c(F)cc3C)cc(OCCO)n2)ccn1. The van der Waals surface area contributed by atoms with Gasteiger partial charge in [0.1, 0.15) is 18.2 Å². The Morgan fingerprint density at radius 3 is 2.61 bits per heavy atom. The highest BCUT2D eigenvalue weighted by Gasteiger charge is 2.15. The van der Waals surface area contributed by atoms with Crippen LogP contribution in [0.25, 0.3) is 22.4 Å². The maximum atomic E-state index is 14.8. The van der Waals surface area contributed by atoms with E-state index in [9.17, 15) is 19.1 Å². The van der Waals surface area contributed by atoms with E-state index in [1.807, 2.05) is 0 Å². The van der Waals surface area contributed by atoms with Crippen LogP contribution in [0.2, 0.25) is 0 Å². The number of amides is 3. The number of carbonyl (C=O) groups is 2. The average molecular weight is 526 g/mol. The molecule has 0 atom stereocenters. The number of pyridine rings is 2. The Kier molecular flexibility index (Phi) is 9.94. The molecule has 3 aromatic rings. The Bertz CT molecular complexity index is 1280. The van der Waals surface area contributed by atoms with Crippen molar-refractivity contribution in [3.63, 3.8) is 0 Å². The number of aliphatic hydroxyl groups is 1. The Labute approximate surface area is 220 Å². The van der Waals surface area contributed by atoms with E-state index in [1.165, 1.54) is 19.4 Å². The quantitative estimate of drug-likeness (QED) is 0.293. The minimum Gasteiger partial charge on any atom is -0.475 e. The van der Waals surface area contributed by atoms with Crippen LogP contribution in [0, 0.1) is 18.7 Å². The van der Waals surface area contributed by atoms with Gasteiger partial charge in [-0.3, -0.25) is 5.32 Å². The lowest BCUT2D eigenvalue weighted by Gasteiger charge is -2.15. The van der Waals surface area contributed by atoms with E-state index >= 15 is 0 Å². The lowest BCUT2D eigenvalue weighted by molar-refractivity contribution is 0.187. The summed E-state index contributed by atoms with van der Waals surface area (Å²) in [6.45, 7) is 6.14. The number of hydrogen-bond donors (Lipinski definition) is 4. The first-order chi connectivity index (χ1) is 18.2. The van der Waals surface area contributed by atoms with Crippen LogP contribution in [0.5, 0.6) is 5.88 Å². The zero-order valence-corrected chi connectivity index (χ0v) is 21.8. The predicted octanol–water partition coefficient (Wildman–Crippen LogP) is 4.98. The number of aromatic nitrogens is 2. The molecule has 0 aliphatic carbocycles. The van der Waals surface area contributed by atoms with Crippen molar-refractivity contribution < 1.29 is 28.6 Å². The van der Waals surface area contributed by atoms with Gasteiger partial charge in [-0.05, 0) is 66.3 Å². The number of aryl methyl sites for hydroxylation is 1. The van der Waals surface area contributed by atoms with Crippen molar-refractivity contribution >= 4 is 23.6 Å². The molecule has 2 heterocycles. The largest absolute Gasteiger partial charge is 0.475 e. The number of aliphatic hydroxyl groups excluding tert-OH is 1. The summed E-state index contributed by atoms with van der Waals surface area (Å²) in [5.74, 6) is 0.348. The van der Waals surface area contributed by atoms with E-state index in [2.05, 4.69) is 44.5 Å². The molecule has 0 fully saturated rings. The molecule has 10 nitrogen and oxygen atoms in total. The predicted molar refractivity (Wildman–Crippen MR) is 143 cm³/mol. The molecule has 0 saturated carbocycles. The average Bonchev–Trinajstić information content (AvgIpc) is 2.88. The fraction of sp³-hybridized carbons (Fsp3) is 0.333. The molecule has 1 aromatic carbocycles. The third-order valence-corrected chi connectivity index (χ3v) is 5.49. The molecule has 3 rings (SSSR count). The molecule has 0 aliphatic heterocycles. The first kappa shape index (κ1) is 28.3. The van der Waals surface area contributed by atoms with Crippen molar-refractivity contribution in [2.45, 2.75) is 27.2 Å². The van der Waals surface area contributed by atoms with Crippen LogP contribution in [-0.4, -0.2) is 54.1 Å². The van der Waals surface area contributed by atoms with Crippen LogP contribution in [0.15, 0.2) is 42.6 Å². The molecular formula is C27H32FN5O5. The molecule has 11 heteroatoms. The van der Waals surface area contributed by atoms with E-state index in [0.29, 0.717) is 40.4 Å². The number of hydrogen-bond acceptors (Lipinski definition) is 7. The fourth-order valence-electron chi connectivity index (χ4n) is 3.57. The van der Waals surface area contributed by atoms with Crippen LogP contribution < -0.4 is 20.7 Å². The number of rotatable bonds is 10. The van der Waals surface area contributed by atoms with Crippen molar-refractivity contribution in [3.8, 4) is 28.3 Å². The van der Waals surface area contributed by atoms with Crippen LogP contribution in [0.4, 0.5) is 25.5 Å². The zero-order valence-electron chi connectivity index (χ0n) is 21.8. The van der Waals surface area contributed by atoms with Gasteiger partial charge in [0.2, 0.25) is 5.88 Å². The minimum absolute atomic E-state index is 0.0210. The second-order valence-corrected chi connectivity index (χ2v) is 8.91. The van der Waals surface area contributed by atoms with Gasteiger partial charge in [-0.1, -0.05) is 13.8 Å². The third kappa shape index (κ3) is 7.87. The molecule has 0 spiro atoms. The van der Waals surface area contributed by atoms with Gasteiger partial charge < -0.3 is 25.2 Å². The maximum absolute atomic E-state index is 14.8. The van der Waals surface area contributed by atoms with Crippen LogP contribution in [-0.2, 0) is 4.74 Å². The molecule has 0 unspecified atom stereocenters. The summed E-state index contributed by atoms with van der Waals surface area (Å²) in [4.78, 5) is 32.6. The Balaban J connectivity index is 1.99. The number of ether oxygens (including phenoxy) is 2. The summed E-state index contributed by atoms with van der Waals surface area (Å²) >= 11 is 0. The molecule has 0 aliphatic rings. The maximum Gasteiger partial charge on any atom is 0.412 e. The fourth-order valence-corrected chi connectivity index (χ4v) is 3.57. The standard InChI is InChI=1S/C27H32FN5O5/c1-16(2)5-7-30-26(35)32-23-15-20(17(3)11-21(23)28)19-12-22(31-25(14-19)38-10-9-34)18-6-8-29-24(13-18)33-27(36)37-4/h6,8,11-16,34H,5,7,9-10H2,1-4H3,(H,29,33,36)(H2,30,32,35). The second kappa shape index (κ2) is 13.3. The van der Waals surface area contributed by atoms with Crippen molar-refractivity contribution in [2.75, 3.05) is 37.5 Å². The van der Waals surface area contributed by atoms with E-state index in [-0.39, 0.29) is 30.6 Å². The smallest absolute Gasteiger partial charge is 0.412 e. The summed E-state index contributed by atoms with van der Waals surface area (Å²) < 4.78 is 25.0. The number of methoxy groups -OCH3 is 1. The number of carbonyl (C=O) groups excluding carboxylic acids is 2. The Morgan fingerprint density at radius 2 is 1.89 bits per heavy atom. The van der Waals surface area contributed by atoms with E-state index in [4.69, 9.17) is 4.74 Å². The lowest BCUT2D eigenvalue weighted by atomic mass is 9.98. The monoisotopic (exact) mass is 525 g/mol. The molecule has 2 aromatic heterocycles. The van der Waals surface area contributed by atoms with Crippen LogP contribution in [0.1, 0.15) is 25.8 Å². The van der Waals surface area contributed by atoms with Gasteiger partial charge in [-0.25, -0.2) is 23.9 Å². The van der Waals surface area contributed by atoms with E-state index in [0.717, 1.165) is 6.42 Å². The summed E-state index contributed by atoms with van der Waals surface area (Å²) in [5.41, 5.74) is 3.03. The van der Waals surface area contributed by atoms with Crippen molar-refractivity contribution in [2.24, 2.45) is 5.92 Å². The summed E-state index contributed by atoms with van der Waals surface area (Å²) in [7, 11) is 1.25. The van der Waals surface area contributed by atoms with Crippen molar-refractivity contribution in [1.82, 2.24) is 15.3 Å². The Morgan fingerprint density at radius 1 is 1.11 bits per heavy atom. The highest BCUT2D eigenvalue weighted by atomic mass is 19.1. The zero-order chi connectivity index (χ0) is 27.7. The number of anilines is 2. The topological polar surface area (TPSA) is 135 Å². The molecule has 3 amide bonds. The summed E-state index contributed by atoms with van der Waals surface area (Å²) in [6, 6.07) is 9.16. The summed E-state index contributed by atoms with van der Waals surface area (Å²) in [6.07, 6.45) is 1.64. The van der Waals surface area contributed by atoms with Gasteiger partial charge in [0.05, 0.1) is 25.1 Å². The first-order valence-electron chi connectivity index (χ1n) is 12.1. The minimum atomic E-state index is -0.668. The van der Waals surface area contributed by atoms with Gasteiger partial charge in [-0.2, -0.15) is 0 Å². The van der Waals surface area contributed by atoms with E-state index < -0.39 is 17.9 Å². The third-order valence-electron chi connectivity index (χ3n) is 5.49. The van der Waals surface area contributed by atoms with Crippen LogP contribution >= 0.6 is 0 Å². The molecule has 202 valence electrons. The normalized spacial score (nSPS) is 10.7. The number of benzene rings is 1. The van der Waals surface area contributed by atoms with Gasteiger partial charge in [0.25, 0.3) is 0 Å².